The molecule has 0 saturated carbocycles. The third-order valence-electron chi connectivity index (χ3n) is 2.99. The van der Waals surface area contributed by atoms with E-state index in [4.69, 9.17) is 9.84 Å². The Morgan fingerprint density at radius 1 is 1.67 bits per heavy atom. The van der Waals surface area contributed by atoms with Gasteiger partial charge in [0.15, 0.2) is 0 Å². The quantitative estimate of drug-likeness (QED) is 0.749. The molecular weight excluding hydrogens is 194 g/mol. The van der Waals surface area contributed by atoms with Gasteiger partial charge in [-0.05, 0) is 25.7 Å². The maximum Gasteiger partial charge on any atom is 0.225 e. The number of nitrogens with zero attached hydrogens (tertiary/aromatic N) is 1. The van der Waals surface area contributed by atoms with Gasteiger partial charge in [0.05, 0.1) is 12.5 Å². The van der Waals surface area contributed by atoms with E-state index in [-0.39, 0.29) is 24.5 Å². The van der Waals surface area contributed by atoms with Crippen molar-refractivity contribution >= 4 is 5.91 Å². The first-order chi connectivity index (χ1) is 7.17. The summed E-state index contributed by atoms with van der Waals surface area (Å²) in [5.41, 5.74) is 0. The summed E-state index contributed by atoms with van der Waals surface area (Å²) in [6.07, 6.45) is 2.44. The molecule has 0 spiro atoms. The van der Waals surface area contributed by atoms with Crippen LogP contribution in [0, 0.1) is 5.92 Å². The maximum atomic E-state index is 11.8. The molecule has 4 nitrogen and oxygen atoms in total. The summed E-state index contributed by atoms with van der Waals surface area (Å²) in [5.74, 6) is 0.406. The summed E-state index contributed by atoms with van der Waals surface area (Å²) in [4.78, 5) is 13.6. The Hall–Kier alpha value is -0.610. The normalized spacial score (nSPS) is 23.9. The lowest BCUT2D eigenvalue weighted by atomic mass is 9.98. The molecule has 88 valence electrons. The van der Waals surface area contributed by atoms with Crippen molar-refractivity contribution in [2.24, 2.45) is 5.92 Å². The second kappa shape index (κ2) is 6.08. The third-order valence-corrected chi connectivity index (χ3v) is 2.99. The molecule has 0 aliphatic carbocycles. The molecule has 1 saturated heterocycles. The van der Waals surface area contributed by atoms with E-state index in [0.29, 0.717) is 13.0 Å². The van der Waals surface area contributed by atoms with Gasteiger partial charge in [-0.3, -0.25) is 4.79 Å². The first-order valence-electron chi connectivity index (χ1n) is 5.58. The first-order valence-corrected chi connectivity index (χ1v) is 5.58. The maximum absolute atomic E-state index is 11.8. The van der Waals surface area contributed by atoms with Crippen molar-refractivity contribution in [2.75, 3.05) is 26.8 Å². The average Bonchev–Trinajstić information content (AvgIpc) is 2.28. The van der Waals surface area contributed by atoms with Crippen LogP contribution in [0.2, 0.25) is 0 Å². The van der Waals surface area contributed by atoms with Gasteiger partial charge in [0.25, 0.3) is 0 Å². The van der Waals surface area contributed by atoms with Gasteiger partial charge in [0.2, 0.25) is 5.91 Å². The van der Waals surface area contributed by atoms with E-state index >= 15 is 0 Å². The molecule has 4 heteroatoms. The molecule has 1 amide bonds. The van der Waals surface area contributed by atoms with Gasteiger partial charge in [-0.1, -0.05) is 0 Å². The summed E-state index contributed by atoms with van der Waals surface area (Å²) in [6, 6.07) is 0. The van der Waals surface area contributed by atoms with Crippen molar-refractivity contribution in [1.29, 1.82) is 0 Å². The van der Waals surface area contributed by atoms with Crippen molar-refractivity contribution in [3.8, 4) is 0 Å². The van der Waals surface area contributed by atoms with Crippen LogP contribution in [0.4, 0.5) is 0 Å². The van der Waals surface area contributed by atoms with Gasteiger partial charge >= 0.3 is 0 Å². The number of rotatable bonds is 4. The van der Waals surface area contributed by atoms with Crippen LogP contribution < -0.4 is 0 Å². The predicted octanol–water partition coefficient (Wildman–Crippen LogP) is 0.642. The van der Waals surface area contributed by atoms with Crippen LogP contribution in [-0.2, 0) is 9.53 Å². The molecule has 0 bridgehead atoms. The fourth-order valence-corrected chi connectivity index (χ4v) is 1.90. The van der Waals surface area contributed by atoms with Gasteiger partial charge in [-0.15, -0.1) is 0 Å². The molecule has 1 aliphatic heterocycles. The molecule has 0 aromatic rings. The molecular formula is C11H21NO3. The lowest BCUT2D eigenvalue weighted by Gasteiger charge is -2.32. The van der Waals surface area contributed by atoms with E-state index in [9.17, 15) is 4.79 Å². The number of likely N-dealkylation sites (tertiary alicyclic amines) is 1. The van der Waals surface area contributed by atoms with Gasteiger partial charge < -0.3 is 14.7 Å². The third kappa shape index (κ3) is 3.80. The number of amides is 1. The monoisotopic (exact) mass is 215 g/mol. The van der Waals surface area contributed by atoms with Crippen molar-refractivity contribution in [1.82, 2.24) is 4.90 Å². The molecule has 2 atom stereocenters. The van der Waals surface area contributed by atoms with Crippen LogP contribution in [0.3, 0.4) is 0 Å². The molecule has 15 heavy (non-hydrogen) atoms. The molecule has 2 unspecified atom stereocenters. The number of hydrogen-bond donors (Lipinski definition) is 1. The van der Waals surface area contributed by atoms with E-state index in [0.717, 1.165) is 19.4 Å². The highest BCUT2D eigenvalue weighted by atomic mass is 16.5. The number of carbonyl (C=O) groups is 1. The minimum atomic E-state index is -0.0213. The number of hydrogen-bond acceptors (Lipinski definition) is 3. The topological polar surface area (TPSA) is 49.8 Å². The second-order valence-corrected chi connectivity index (χ2v) is 4.28. The van der Waals surface area contributed by atoms with E-state index in [1.54, 1.807) is 7.11 Å². The second-order valence-electron chi connectivity index (χ2n) is 4.28. The number of carbonyl (C=O) groups excluding carboxylic acids is 1. The van der Waals surface area contributed by atoms with Crippen LogP contribution in [0.5, 0.6) is 0 Å². The number of aliphatic hydroxyl groups is 1. The molecule has 0 radical (unpaired) electrons. The summed E-state index contributed by atoms with van der Waals surface area (Å²) in [6.45, 7) is 3.60. The summed E-state index contributed by atoms with van der Waals surface area (Å²) in [7, 11) is 1.62. The zero-order chi connectivity index (χ0) is 11.3. The highest BCUT2D eigenvalue weighted by molar-refractivity contribution is 5.76. The number of ether oxygens (including phenoxy) is 1. The smallest absolute Gasteiger partial charge is 0.225 e. The van der Waals surface area contributed by atoms with E-state index in [1.165, 1.54) is 0 Å². The Bertz CT molecular complexity index is 208. The van der Waals surface area contributed by atoms with Gasteiger partial charge in [-0.2, -0.15) is 0 Å². The van der Waals surface area contributed by atoms with Crippen LogP contribution in [0.1, 0.15) is 26.2 Å². The zero-order valence-corrected chi connectivity index (χ0v) is 9.61. The van der Waals surface area contributed by atoms with Gasteiger partial charge in [-0.25, -0.2) is 0 Å². The van der Waals surface area contributed by atoms with Crippen molar-refractivity contribution < 1.29 is 14.6 Å². The lowest BCUT2D eigenvalue weighted by molar-refractivity contribution is -0.135. The van der Waals surface area contributed by atoms with Crippen LogP contribution in [0.15, 0.2) is 0 Å². The fourth-order valence-electron chi connectivity index (χ4n) is 1.90. The van der Waals surface area contributed by atoms with Crippen LogP contribution in [0.25, 0.3) is 0 Å². The van der Waals surface area contributed by atoms with E-state index in [1.807, 2.05) is 11.8 Å². The Morgan fingerprint density at radius 2 is 2.40 bits per heavy atom. The molecule has 1 N–H and O–H groups in total. The summed E-state index contributed by atoms with van der Waals surface area (Å²) >= 11 is 0. The van der Waals surface area contributed by atoms with Crippen molar-refractivity contribution in [3.05, 3.63) is 0 Å². The Balaban J connectivity index is 2.38. The molecule has 1 aliphatic rings. The standard InChI is InChI=1S/C11H21NO3/c1-9(15-2)6-11(14)12-5-3-4-10(7-12)8-13/h9-10,13H,3-8H2,1-2H3. The molecule has 0 aromatic heterocycles. The number of aliphatic hydroxyl groups excluding tert-OH is 1. The van der Waals surface area contributed by atoms with E-state index in [2.05, 4.69) is 0 Å². The average molecular weight is 215 g/mol. The van der Waals surface area contributed by atoms with Gasteiger partial charge in [0.1, 0.15) is 0 Å². The summed E-state index contributed by atoms with van der Waals surface area (Å²) < 4.78 is 5.07. The minimum absolute atomic E-state index is 0.0213. The number of piperidine rings is 1. The van der Waals surface area contributed by atoms with Crippen molar-refractivity contribution in [2.45, 2.75) is 32.3 Å². The summed E-state index contributed by atoms with van der Waals surface area (Å²) in [5, 5.41) is 9.06. The predicted molar refractivity (Wildman–Crippen MR) is 57.5 cm³/mol. The fraction of sp³-hybridized carbons (Fsp3) is 0.909. The van der Waals surface area contributed by atoms with E-state index < -0.39 is 0 Å². The lowest BCUT2D eigenvalue weighted by Crippen LogP contribution is -2.41. The molecule has 1 rings (SSSR count). The van der Waals surface area contributed by atoms with Crippen LogP contribution in [-0.4, -0.2) is 48.8 Å². The molecule has 1 fully saturated rings. The van der Waals surface area contributed by atoms with Gasteiger partial charge in [0, 0.05) is 26.8 Å². The Labute approximate surface area is 91.2 Å². The Morgan fingerprint density at radius 3 is 3.00 bits per heavy atom. The molecule has 1 heterocycles. The van der Waals surface area contributed by atoms with Crippen molar-refractivity contribution in [3.63, 3.8) is 0 Å². The minimum Gasteiger partial charge on any atom is -0.396 e. The highest BCUT2D eigenvalue weighted by Crippen LogP contribution is 2.17. The Kier molecular flexibility index (Phi) is 5.05. The number of methoxy groups -OCH3 is 1. The first kappa shape index (κ1) is 12.5. The largest absolute Gasteiger partial charge is 0.396 e. The molecule has 0 aromatic carbocycles. The SMILES string of the molecule is COC(C)CC(=O)N1CCCC(CO)C1. The van der Waals surface area contributed by atoms with Crippen LogP contribution >= 0.6 is 0 Å². The zero-order valence-electron chi connectivity index (χ0n) is 9.61. The highest BCUT2D eigenvalue weighted by Gasteiger charge is 2.23.